The van der Waals surface area contributed by atoms with Crippen molar-refractivity contribution in [3.05, 3.63) is 35.2 Å². The molecule has 0 aromatic carbocycles. The van der Waals surface area contributed by atoms with E-state index in [0.717, 1.165) is 18.4 Å². The van der Waals surface area contributed by atoms with E-state index in [1.54, 1.807) is 19.4 Å². The van der Waals surface area contributed by atoms with E-state index >= 15 is 0 Å². The van der Waals surface area contributed by atoms with Crippen LogP contribution in [0.3, 0.4) is 0 Å². The van der Waals surface area contributed by atoms with Gasteiger partial charge in [0.2, 0.25) is 0 Å². The molecule has 0 spiro atoms. The highest BCUT2D eigenvalue weighted by Crippen LogP contribution is 2.29. The number of hydrogen-bond acceptors (Lipinski definition) is 9. The Balaban J connectivity index is 1.57. The lowest BCUT2D eigenvalue weighted by atomic mass is 10.00. The summed E-state index contributed by atoms with van der Waals surface area (Å²) in [5.74, 6) is 0.807. The predicted octanol–water partition coefficient (Wildman–Crippen LogP) is 2.13. The van der Waals surface area contributed by atoms with E-state index in [1.807, 2.05) is 13.0 Å². The van der Waals surface area contributed by atoms with E-state index in [1.165, 1.54) is 11.1 Å². The third-order valence-electron chi connectivity index (χ3n) is 5.35. The van der Waals surface area contributed by atoms with Crippen LogP contribution in [0.15, 0.2) is 28.3 Å². The molecule has 0 aliphatic carbocycles. The summed E-state index contributed by atoms with van der Waals surface area (Å²) in [7, 11) is 1.61. The van der Waals surface area contributed by atoms with Gasteiger partial charge < -0.3 is 15.8 Å². The average Bonchev–Trinajstić information content (AvgIpc) is 3.25. The molecule has 1 atom stereocenters. The van der Waals surface area contributed by atoms with Crippen LogP contribution in [0.2, 0.25) is 0 Å². The van der Waals surface area contributed by atoms with Gasteiger partial charge in [0.1, 0.15) is 23.5 Å². The summed E-state index contributed by atoms with van der Waals surface area (Å²) in [6.45, 7) is 3.41. The van der Waals surface area contributed by atoms with Gasteiger partial charge in [-0.25, -0.2) is 14.8 Å². The number of aliphatic imine (C=N–C) groups is 2. The van der Waals surface area contributed by atoms with Crippen LogP contribution in [-0.4, -0.2) is 67.2 Å². The highest BCUT2D eigenvalue weighted by molar-refractivity contribution is 6.40. The number of carbonyl (C=O) groups is 2. The number of nitrogens with two attached hydrogens (primary N) is 1. The summed E-state index contributed by atoms with van der Waals surface area (Å²) in [5, 5.41) is 5.95. The van der Waals surface area contributed by atoms with E-state index in [4.69, 9.17) is 10.5 Å². The van der Waals surface area contributed by atoms with Crippen molar-refractivity contribution in [2.24, 2.45) is 9.98 Å². The molecule has 1 unspecified atom stereocenters. The molecule has 2 aromatic rings. The van der Waals surface area contributed by atoms with Gasteiger partial charge in [-0.05, 0) is 31.4 Å². The van der Waals surface area contributed by atoms with Gasteiger partial charge in [0.15, 0.2) is 6.29 Å². The Bertz CT molecular complexity index is 1130. The zero-order valence-electron chi connectivity index (χ0n) is 18.5. The normalized spacial score (nSPS) is 16.8. The Morgan fingerprint density at radius 3 is 2.97 bits per heavy atom. The van der Waals surface area contributed by atoms with E-state index in [-0.39, 0.29) is 17.9 Å². The Kier molecular flexibility index (Phi) is 6.59. The first-order valence-corrected chi connectivity index (χ1v) is 10.7. The Morgan fingerprint density at radius 2 is 2.24 bits per heavy atom. The van der Waals surface area contributed by atoms with Crippen LogP contribution in [-0.2, 0) is 11.2 Å². The lowest BCUT2D eigenvalue weighted by Crippen LogP contribution is -2.40. The largest absolute Gasteiger partial charge is 0.396 e. The van der Waals surface area contributed by atoms with Crippen LogP contribution in [0.5, 0.6) is 0 Å². The standard InChI is InChI=1S/C22H26N8O3/c1-13-25-11-18(27-13)15-8-14-4-3-6-30(21(14)28-19(15)12-31)22(32)29-20-9-17(16(23)10-26-20)24-5-7-33-2/h8-13H,3-7,23H2,1-2H3,(H2,24,26,29,32). The zero-order valence-corrected chi connectivity index (χ0v) is 18.5. The third-order valence-corrected chi connectivity index (χ3v) is 5.35. The van der Waals surface area contributed by atoms with E-state index in [0.29, 0.717) is 60.3 Å². The molecule has 172 valence electrons. The van der Waals surface area contributed by atoms with Gasteiger partial charge in [-0.1, -0.05) is 0 Å². The number of pyridine rings is 2. The minimum Gasteiger partial charge on any atom is -0.396 e. The Hall–Kier alpha value is -3.86. The SMILES string of the molecule is COCCNc1cc(NC(=O)N2CCCc3cc(C4=NC(C)N=C4)c(C=O)nc32)ncc1N. The highest BCUT2D eigenvalue weighted by atomic mass is 16.5. The van der Waals surface area contributed by atoms with Gasteiger partial charge in [-0.3, -0.25) is 25.0 Å². The number of nitrogens with one attached hydrogen (secondary N) is 2. The lowest BCUT2D eigenvalue weighted by Gasteiger charge is -2.29. The van der Waals surface area contributed by atoms with Gasteiger partial charge >= 0.3 is 6.03 Å². The maximum Gasteiger partial charge on any atom is 0.328 e. The van der Waals surface area contributed by atoms with Gasteiger partial charge in [0.05, 0.1) is 29.9 Å². The molecule has 2 aliphatic heterocycles. The molecule has 4 heterocycles. The molecule has 2 aromatic heterocycles. The summed E-state index contributed by atoms with van der Waals surface area (Å²) in [4.78, 5) is 43.8. The quantitative estimate of drug-likeness (QED) is 0.432. The number of fused-ring (bicyclic) bond motifs is 1. The third kappa shape index (κ3) is 4.82. The molecule has 4 rings (SSSR count). The van der Waals surface area contributed by atoms with Crippen molar-refractivity contribution in [3.8, 4) is 0 Å². The monoisotopic (exact) mass is 450 g/mol. The van der Waals surface area contributed by atoms with Crippen molar-refractivity contribution in [1.82, 2.24) is 9.97 Å². The topological polar surface area (TPSA) is 147 Å². The van der Waals surface area contributed by atoms with Crippen LogP contribution in [0, 0.1) is 0 Å². The molecule has 2 aliphatic rings. The van der Waals surface area contributed by atoms with Crippen molar-refractivity contribution < 1.29 is 14.3 Å². The molecule has 0 bridgehead atoms. The minimum atomic E-state index is -0.387. The molecular weight excluding hydrogens is 424 g/mol. The zero-order chi connectivity index (χ0) is 23.4. The summed E-state index contributed by atoms with van der Waals surface area (Å²) in [6.07, 6.45) is 5.14. The molecule has 33 heavy (non-hydrogen) atoms. The Labute approximate surface area is 191 Å². The van der Waals surface area contributed by atoms with Crippen molar-refractivity contribution in [2.75, 3.05) is 48.1 Å². The number of rotatable bonds is 7. The fourth-order valence-corrected chi connectivity index (χ4v) is 3.74. The average molecular weight is 451 g/mol. The predicted molar refractivity (Wildman–Crippen MR) is 128 cm³/mol. The smallest absolute Gasteiger partial charge is 0.328 e. The number of aromatic nitrogens is 2. The second-order valence-corrected chi connectivity index (χ2v) is 7.71. The van der Waals surface area contributed by atoms with Gasteiger partial charge in [0.25, 0.3) is 0 Å². The van der Waals surface area contributed by atoms with Crippen molar-refractivity contribution >= 4 is 47.3 Å². The highest BCUT2D eigenvalue weighted by Gasteiger charge is 2.27. The van der Waals surface area contributed by atoms with Gasteiger partial charge in [-0.15, -0.1) is 0 Å². The van der Waals surface area contributed by atoms with E-state index in [9.17, 15) is 9.59 Å². The van der Waals surface area contributed by atoms with Crippen LogP contribution in [0.4, 0.5) is 27.8 Å². The van der Waals surface area contributed by atoms with Gasteiger partial charge in [-0.2, -0.15) is 0 Å². The maximum atomic E-state index is 13.1. The second kappa shape index (κ2) is 9.74. The number of nitrogen functional groups attached to an aromatic ring is 1. The van der Waals surface area contributed by atoms with Crippen LogP contribution >= 0.6 is 0 Å². The number of anilines is 4. The number of nitrogens with zero attached hydrogens (tertiary/aromatic N) is 5. The second-order valence-electron chi connectivity index (χ2n) is 7.71. The fourth-order valence-electron chi connectivity index (χ4n) is 3.74. The summed E-state index contributed by atoms with van der Waals surface area (Å²) >= 11 is 0. The number of amides is 2. The van der Waals surface area contributed by atoms with Gasteiger partial charge in [0, 0.05) is 38.0 Å². The molecule has 0 fully saturated rings. The Morgan fingerprint density at radius 1 is 1.39 bits per heavy atom. The summed E-state index contributed by atoms with van der Waals surface area (Å²) in [6, 6.07) is 3.16. The van der Waals surface area contributed by atoms with Crippen molar-refractivity contribution in [2.45, 2.75) is 25.9 Å². The molecule has 11 nitrogen and oxygen atoms in total. The molecule has 0 saturated carbocycles. The van der Waals surface area contributed by atoms with E-state index < -0.39 is 0 Å². The molecule has 11 heteroatoms. The van der Waals surface area contributed by atoms with E-state index in [2.05, 4.69) is 30.6 Å². The fraction of sp³-hybridized carbons (Fsp3) is 0.364. The van der Waals surface area contributed by atoms with Crippen LogP contribution < -0.4 is 21.3 Å². The number of carbonyl (C=O) groups excluding carboxylic acids is 2. The number of ether oxygens (including phenoxy) is 1. The van der Waals surface area contributed by atoms with Crippen molar-refractivity contribution in [3.63, 3.8) is 0 Å². The molecule has 0 radical (unpaired) electrons. The minimum absolute atomic E-state index is 0.181. The molecule has 4 N–H and O–H groups in total. The first-order chi connectivity index (χ1) is 16.0. The van der Waals surface area contributed by atoms with Crippen LogP contribution in [0.25, 0.3) is 0 Å². The molecular formula is C22H26N8O3. The number of hydrogen-bond donors (Lipinski definition) is 3. The lowest BCUT2D eigenvalue weighted by molar-refractivity contribution is 0.111. The first-order valence-electron chi connectivity index (χ1n) is 10.7. The number of aldehydes is 1. The number of methoxy groups -OCH3 is 1. The van der Waals surface area contributed by atoms with Crippen molar-refractivity contribution in [1.29, 1.82) is 0 Å². The number of aryl methyl sites for hydroxylation is 1. The maximum absolute atomic E-state index is 13.1. The molecule has 0 saturated heterocycles. The summed E-state index contributed by atoms with van der Waals surface area (Å²) < 4.78 is 5.03. The van der Waals surface area contributed by atoms with Crippen LogP contribution in [0.1, 0.15) is 35.0 Å². The number of urea groups is 1. The molecule has 2 amide bonds. The first kappa shape index (κ1) is 22.3. The summed E-state index contributed by atoms with van der Waals surface area (Å²) in [5.41, 5.74) is 9.43.